The zero-order valence-electron chi connectivity index (χ0n) is 16.2. The third-order valence-corrected chi connectivity index (χ3v) is 5.49. The lowest BCUT2D eigenvalue weighted by Gasteiger charge is -2.19. The van der Waals surface area contributed by atoms with Crippen LogP contribution in [0.5, 0.6) is 0 Å². The van der Waals surface area contributed by atoms with Crippen molar-refractivity contribution in [2.75, 3.05) is 0 Å². The quantitative estimate of drug-likeness (QED) is 0.370. The van der Waals surface area contributed by atoms with E-state index in [-0.39, 0.29) is 0 Å². The molecule has 0 saturated heterocycles. The maximum Gasteiger partial charge on any atom is 0.0972 e. The fourth-order valence-electron chi connectivity index (χ4n) is 4.23. The van der Waals surface area contributed by atoms with Gasteiger partial charge in [0, 0.05) is 39.7 Å². The summed E-state index contributed by atoms with van der Waals surface area (Å²) in [5, 5.41) is 3.51. The second kappa shape index (κ2) is 6.99. The van der Waals surface area contributed by atoms with E-state index in [4.69, 9.17) is 4.98 Å². The summed E-state index contributed by atoms with van der Waals surface area (Å²) < 4.78 is 2.42. The van der Waals surface area contributed by atoms with Gasteiger partial charge in [0.15, 0.2) is 0 Å². The molecular formula is C24H25N3. The Hall–Kier alpha value is -2.94. The van der Waals surface area contributed by atoms with Gasteiger partial charge in [0.1, 0.15) is 0 Å². The summed E-state index contributed by atoms with van der Waals surface area (Å²) in [6.07, 6.45) is 12.3. The normalized spacial score (nSPS) is 12.1. The Morgan fingerprint density at radius 2 is 1.93 bits per heavy atom. The molecule has 0 saturated carbocycles. The lowest BCUT2D eigenvalue weighted by Crippen LogP contribution is -2.08. The molecule has 3 heteroatoms. The molecule has 0 atom stereocenters. The Morgan fingerprint density at radius 1 is 1.11 bits per heavy atom. The van der Waals surface area contributed by atoms with E-state index in [9.17, 15) is 0 Å². The predicted molar refractivity (Wildman–Crippen MR) is 117 cm³/mol. The Morgan fingerprint density at radius 3 is 2.63 bits per heavy atom. The molecule has 0 bridgehead atoms. The number of aromatic nitrogens is 3. The first-order chi connectivity index (χ1) is 13.2. The molecule has 1 aromatic carbocycles. The molecular weight excluding hydrogens is 330 g/mol. The summed E-state index contributed by atoms with van der Waals surface area (Å²) in [5.74, 6) is 0. The van der Waals surface area contributed by atoms with Gasteiger partial charge in [-0.2, -0.15) is 0 Å². The number of benzene rings is 1. The Labute approximate surface area is 160 Å². The van der Waals surface area contributed by atoms with Gasteiger partial charge in [-0.1, -0.05) is 50.8 Å². The van der Waals surface area contributed by atoms with Crippen molar-refractivity contribution in [3.63, 3.8) is 0 Å². The van der Waals surface area contributed by atoms with Gasteiger partial charge < -0.3 is 4.57 Å². The van der Waals surface area contributed by atoms with Crippen LogP contribution in [-0.4, -0.2) is 14.5 Å². The minimum Gasteiger partial charge on any atom is -0.336 e. The molecule has 0 unspecified atom stereocenters. The van der Waals surface area contributed by atoms with Crippen molar-refractivity contribution in [2.45, 2.75) is 39.7 Å². The molecule has 4 rings (SSSR count). The van der Waals surface area contributed by atoms with Crippen LogP contribution < -0.4 is 0 Å². The molecule has 4 aromatic rings. The van der Waals surface area contributed by atoms with Crippen LogP contribution in [0.2, 0.25) is 0 Å². The fraction of sp³-hybridized carbons (Fsp3) is 0.250. The van der Waals surface area contributed by atoms with Crippen molar-refractivity contribution in [1.82, 2.24) is 14.5 Å². The van der Waals surface area contributed by atoms with Crippen molar-refractivity contribution in [1.29, 1.82) is 0 Å². The minimum atomic E-state index is 0.428. The summed E-state index contributed by atoms with van der Waals surface area (Å²) in [6.45, 7) is 10.7. The van der Waals surface area contributed by atoms with Gasteiger partial charge >= 0.3 is 0 Å². The molecule has 0 amide bonds. The number of nitrogens with zero attached hydrogens (tertiary/aromatic N) is 3. The topological polar surface area (TPSA) is 30.7 Å². The minimum absolute atomic E-state index is 0.428. The standard InChI is InChI=1S/C24H25N3/c1-5-10-18-20(8-4)27(17(6-2)7-3)21-15-26-24-19(22(18)21)13-12-16-11-9-14-25-23(16)24/h5,8-15,17H,4,6-7H2,1-3H3/b10-5-. The first kappa shape index (κ1) is 17.5. The van der Waals surface area contributed by atoms with E-state index in [1.807, 2.05) is 24.5 Å². The van der Waals surface area contributed by atoms with E-state index >= 15 is 0 Å². The summed E-state index contributed by atoms with van der Waals surface area (Å²) in [4.78, 5) is 9.46. The third-order valence-electron chi connectivity index (χ3n) is 5.49. The Bertz CT molecular complexity index is 1180. The highest BCUT2D eigenvalue weighted by Crippen LogP contribution is 2.38. The van der Waals surface area contributed by atoms with Gasteiger partial charge in [-0.3, -0.25) is 9.97 Å². The van der Waals surface area contributed by atoms with Crippen molar-refractivity contribution >= 4 is 44.9 Å². The predicted octanol–water partition coefficient (Wildman–Crippen LogP) is 6.77. The van der Waals surface area contributed by atoms with Crippen LogP contribution in [0.3, 0.4) is 0 Å². The average Bonchev–Trinajstić information content (AvgIpc) is 3.03. The smallest absolute Gasteiger partial charge is 0.0972 e. The lowest BCUT2D eigenvalue weighted by atomic mass is 10.0. The van der Waals surface area contributed by atoms with Crippen LogP contribution in [0.15, 0.2) is 49.3 Å². The summed E-state index contributed by atoms with van der Waals surface area (Å²) in [5.41, 5.74) is 5.49. The summed E-state index contributed by atoms with van der Waals surface area (Å²) >= 11 is 0. The van der Waals surface area contributed by atoms with Gasteiger partial charge in [0.2, 0.25) is 0 Å². The molecule has 3 aromatic heterocycles. The average molecular weight is 355 g/mol. The number of allylic oxidation sites excluding steroid dienone is 1. The number of pyridine rings is 2. The summed E-state index contributed by atoms with van der Waals surface area (Å²) in [6, 6.07) is 8.82. The van der Waals surface area contributed by atoms with Crippen LogP contribution in [0.1, 0.15) is 50.9 Å². The zero-order chi connectivity index (χ0) is 19.0. The first-order valence-corrected chi connectivity index (χ1v) is 9.70. The van der Waals surface area contributed by atoms with Gasteiger partial charge in [0.05, 0.1) is 22.7 Å². The lowest BCUT2D eigenvalue weighted by molar-refractivity contribution is 0.483. The first-order valence-electron chi connectivity index (χ1n) is 9.70. The van der Waals surface area contributed by atoms with Crippen molar-refractivity contribution in [3.8, 4) is 0 Å². The van der Waals surface area contributed by atoms with E-state index < -0.39 is 0 Å². The van der Waals surface area contributed by atoms with E-state index in [1.54, 1.807) is 0 Å². The SMILES string of the molecule is C=Cc1c(/C=C\C)c2c3ccc4cccnc4c3ncc2n1C(CC)CC. The maximum absolute atomic E-state index is 4.86. The highest BCUT2D eigenvalue weighted by atomic mass is 15.0. The van der Waals surface area contributed by atoms with Gasteiger partial charge in [-0.05, 0) is 31.9 Å². The molecule has 136 valence electrons. The molecule has 0 aliphatic heterocycles. The zero-order valence-corrected chi connectivity index (χ0v) is 16.2. The second-order valence-corrected chi connectivity index (χ2v) is 6.90. The van der Waals surface area contributed by atoms with E-state index in [0.717, 1.165) is 34.6 Å². The Kier molecular flexibility index (Phi) is 4.53. The van der Waals surface area contributed by atoms with Crippen LogP contribution >= 0.6 is 0 Å². The number of hydrogen-bond acceptors (Lipinski definition) is 2. The summed E-state index contributed by atoms with van der Waals surface area (Å²) in [7, 11) is 0. The highest BCUT2D eigenvalue weighted by Gasteiger charge is 2.21. The number of fused-ring (bicyclic) bond motifs is 5. The van der Waals surface area contributed by atoms with Crippen molar-refractivity contribution in [2.24, 2.45) is 0 Å². The monoisotopic (exact) mass is 355 g/mol. The molecule has 0 fully saturated rings. The van der Waals surface area contributed by atoms with Crippen LogP contribution in [-0.2, 0) is 0 Å². The highest BCUT2D eigenvalue weighted by molar-refractivity contribution is 6.16. The van der Waals surface area contributed by atoms with E-state index in [1.165, 1.54) is 22.2 Å². The number of rotatable bonds is 5. The van der Waals surface area contributed by atoms with Crippen LogP contribution in [0, 0.1) is 0 Å². The number of hydrogen-bond donors (Lipinski definition) is 0. The molecule has 0 aliphatic carbocycles. The fourth-order valence-corrected chi connectivity index (χ4v) is 4.23. The van der Waals surface area contributed by atoms with Crippen molar-refractivity contribution < 1.29 is 0 Å². The molecule has 3 nitrogen and oxygen atoms in total. The molecule has 27 heavy (non-hydrogen) atoms. The van der Waals surface area contributed by atoms with Gasteiger partial charge in [-0.25, -0.2) is 0 Å². The molecule has 0 N–H and O–H groups in total. The van der Waals surface area contributed by atoms with Gasteiger partial charge in [0.25, 0.3) is 0 Å². The third kappa shape index (κ3) is 2.57. The Balaban J connectivity index is 2.23. The molecule has 0 radical (unpaired) electrons. The van der Waals surface area contributed by atoms with E-state index in [0.29, 0.717) is 6.04 Å². The molecule has 0 aliphatic rings. The maximum atomic E-state index is 4.86. The van der Waals surface area contributed by atoms with Crippen molar-refractivity contribution in [3.05, 3.63) is 60.6 Å². The largest absolute Gasteiger partial charge is 0.336 e. The van der Waals surface area contributed by atoms with Crippen LogP contribution in [0.25, 0.3) is 44.9 Å². The molecule has 0 spiro atoms. The van der Waals surface area contributed by atoms with Crippen LogP contribution in [0.4, 0.5) is 0 Å². The second-order valence-electron chi connectivity index (χ2n) is 6.90. The van der Waals surface area contributed by atoms with E-state index in [2.05, 4.69) is 67.3 Å². The van der Waals surface area contributed by atoms with Gasteiger partial charge in [-0.15, -0.1) is 0 Å². The molecule has 3 heterocycles.